The molecule has 0 fully saturated rings. The van der Waals surface area contributed by atoms with Crippen LogP contribution in [0.25, 0.3) is 5.69 Å². The molecule has 140 valence electrons. The lowest BCUT2D eigenvalue weighted by molar-refractivity contribution is 0.102. The number of carbonyl (C=O) groups excluding carboxylic acids is 1. The number of nitrogens with one attached hydrogen (secondary N) is 2. The maximum absolute atomic E-state index is 12.7. The van der Waals surface area contributed by atoms with Crippen molar-refractivity contribution < 1.29 is 13.2 Å². The van der Waals surface area contributed by atoms with Gasteiger partial charge in [0.2, 0.25) is 10.0 Å². The summed E-state index contributed by atoms with van der Waals surface area (Å²) in [5, 5.41) is 7.26. The third-order valence-electron chi connectivity index (χ3n) is 3.66. The Kier molecular flexibility index (Phi) is 5.20. The van der Waals surface area contributed by atoms with E-state index in [1.165, 1.54) is 10.7 Å². The number of hydrogen-bond donors (Lipinski definition) is 2. The number of rotatable bonds is 5. The predicted molar refractivity (Wildman–Crippen MR) is 106 cm³/mol. The molecule has 0 saturated carbocycles. The maximum Gasteiger partial charge on any atom is 0.260 e. The molecule has 3 rings (SSSR count). The summed E-state index contributed by atoms with van der Waals surface area (Å²) in [5.41, 5.74) is 2.24. The standard InChI is InChI=1S/C18H17ClN4O3S/c1-12-16(17(19)23(21-12)15-9-4-3-5-10-15)18(24)20-13-7-6-8-14(11-13)22-27(2,25)26/h3-11,22H,1-2H3,(H,20,24). The van der Waals surface area contributed by atoms with Gasteiger partial charge in [-0.05, 0) is 37.3 Å². The summed E-state index contributed by atoms with van der Waals surface area (Å²) in [7, 11) is -3.41. The van der Waals surface area contributed by atoms with Crippen LogP contribution in [0.3, 0.4) is 0 Å². The minimum atomic E-state index is -3.41. The highest BCUT2D eigenvalue weighted by atomic mass is 35.5. The molecule has 0 atom stereocenters. The minimum absolute atomic E-state index is 0.196. The number of benzene rings is 2. The molecule has 2 aromatic carbocycles. The van der Waals surface area contributed by atoms with Crippen LogP contribution in [0.2, 0.25) is 5.15 Å². The summed E-state index contributed by atoms with van der Waals surface area (Å²) in [5.74, 6) is -0.434. The van der Waals surface area contributed by atoms with Crippen molar-refractivity contribution in [2.45, 2.75) is 6.92 Å². The molecule has 1 aromatic heterocycles. The summed E-state index contributed by atoms with van der Waals surface area (Å²) in [6.45, 7) is 1.70. The molecule has 7 nitrogen and oxygen atoms in total. The Morgan fingerprint density at radius 1 is 1.07 bits per heavy atom. The molecule has 0 aliphatic rings. The fourth-order valence-electron chi connectivity index (χ4n) is 2.57. The van der Waals surface area contributed by atoms with Crippen LogP contribution in [0, 0.1) is 6.92 Å². The number of halogens is 1. The zero-order valence-corrected chi connectivity index (χ0v) is 16.2. The number of amides is 1. The first-order valence-corrected chi connectivity index (χ1v) is 10.2. The molecule has 0 bridgehead atoms. The predicted octanol–water partition coefficient (Wildman–Crippen LogP) is 3.46. The average Bonchev–Trinajstić information content (AvgIpc) is 2.89. The third kappa shape index (κ3) is 4.47. The van der Waals surface area contributed by atoms with Gasteiger partial charge >= 0.3 is 0 Å². The molecule has 3 aromatic rings. The van der Waals surface area contributed by atoms with Gasteiger partial charge < -0.3 is 5.32 Å². The molecule has 0 saturated heterocycles. The summed E-state index contributed by atoms with van der Waals surface area (Å²) in [6, 6.07) is 15.6. The van der Waals surface area contributed by atoms with E-state index in [4.69, 9.17) is 11.6 Å². The van der Waals surface area contributed by atoms with E-state index in [0.29, 0.717) is 17.1 Å². The molecular formula is C18H17ClN4O3S. The third-order valence-corrected chi connectivity index (χ3v) is 4.61. The Labute approximate surface area is 162 Å². The highest BCUT2D eigenvalue weighted by Crippen LogP contribution is 2.25. The van der Waals surface area contributed by atoms with Crippen LogP contribution >= 0.6 is 11.6 Å². The van der Waals surface area contributed by atoms with Crippen LogP contribution in [0.5, 0.6) is 0 Å². The van der Waals surface area contributed by atoms with Crippen molar-refractivity contribution in [2.24, 2.45) is 0 Å². The number of sulfonamides is 1. The van der Waals surface area contributed by atoms with Gasteiger partial charge in [0, 0.05) is 5.69 Å². The number of nitrogens with zero attached hydrogens (tertiary/aromatic N) is 2. The van der Waals surface area contributed by atoms with E-state index in [-0.39, 0.29) is 10.7 Å². The summed E-state index contributed by atoms with van der Waals surface area (Å²) in [4.78, 5) is 12.7. The Morgan fingerprint density at radius 3 is 2.41 bits per heavy atom. The second-order valence-electron chi connectivity index (χ2n) is 5.91. The van der Waals surface area contributed by atoms with E-state index in [1.807, 2.05) is 30.3 Å². The molecule has 0 unspecified atom stereocenters. The fraction of sp³-hybridized carbons (Fsp3) is 0.111. The minimum Gasteiger partial charge on any atom is -0.322 e. The smallest absolute Gasteiger partial charge is 0.260 e. The average molecular weight is 405 g/mol. The van der Waals surface area contributed by atoms with Gasteiger partial charge in [-0.1, -0.05) is 35.9 Å². The number of anilines is 2. The number of para-hydroxylation sites is 1. The molecule has 1 amide bonds. The van der Waals surface area contributed by atoms with Gasteiger partial charge in [-0.2, -0.15) is 5.10 Å². The van der Waals surface area contributed by atoms with E-state index in [1.54, 1.807) is 25.1 Å². The first kappa shape index (κ1) is 18.9. The maximum atomic E-state index is 12.7. The van der Waals surface area contributed by atoms with E-state index in [9.17, 15) is 13.2 Å². The first-order valence-electron chi connectivity index (χ1n) is 7.94. The first-order chi connectivity index (χ1) is 12.7. The largest absolute Gasteiger partial charge is 0.322 e. The second-order valence-corrected chi connectivity index (χ2v) is 8.01. The van der Waals surface area contributed by atoms with Crippen LogP contribution in [-0.4, -0.2) is 30.4 Å². The summed E-state index contributed by atoms with van der Waals surface area (Å²) < 4.78 is 26.6. The van der Waals surface area contributed by atoms with Gasteiger partial charge in [-0.3, -0.25) is 9.52 Å². The summed E-state index contributed by atoms with van der Waals surface area (Å²) >= 11 is 6.39. The monoisotopic (exact) mass is 404 g/mol. The normalized spacial score (nSPS) is 11.2. The van der Waals surface area contributed by atoms with E-state index < -0.39 is 15.9 Å². The Hall–Kier alpha value is -2.84. The van der Waals surface area contributed by atoms with Crippen molar-refractivity contribution in [1.82, 2.24) is 9.78 Å². The molecular weight excluding hydrogens is 388 g/mol. The van der Waals surface area contributed by atoms with Gasteiger partial charge in [0.1, 0.15) is 10.7 Å². The number of hydrogen-bond acceptors (Lipinski definition) is 4. The molecule has 0 aliphatic heterocycles. The van der Waals surface area contributed by atoms with Crippen molar-refractivity contribution in [2.75, 3.05) is 16.3 Å². The van der Waals surface area contributed by atoms with Gasteiger partial charge in [0.05, 0.1) is 23.3 Å². The Bertz CT molecular complexity index is 1100. The van der Waals surface area contributed by atoms with Crippen LogP contribution in [0.4, 0.5) is 11.4 Å². The van der Waals surface area contributed by atoms with E-state index in [2.05, 4.69) is 15.1 Å². The van der Waals surface area contributed by atoms with Crippen molar-refractivity contribution in [3.8, 4) is 5.69 Å². The number of aromatic nitrogens is 2. The fourth-order valence-corrected chi connectivity index (χ4v) is 3.48. The zero-order valence-electron chi connectivity index (χ0n) is 14.6. The zero-order chi connectivity index (χ0) is 19.6. The molecule has 0 spiro atoms. The lowest BCUT2D eigenvalue weighted by Gasteiger charge is -2.08. The van der Waals surface area contributed by atoms with Crippen LogP contribution < -0.4 is 10.0 Å². The molecule has 27 heavy (non-hydrogen) atoms. The number of aryl methyl sites for hydroxylation is 1. The second kappa shape index (κ2) is 7.42. The van der Waals surface area contributed by atoms with Gasteiger partial charge in [0.15, 0.2) is 0 Å². The van der Waals surface area contributed by atoms with Gasteiger partial charge in [0.25, 0.3) is 5.91 Å². The van der Waals surface area contributed by atoms with E-state index >= 15 is 0 Å². The topological polar surface area (TPSA) is 93.1 Å². The Balaban J connectivity index is 1.87. The van der Waals surface area contributed by atoms with Crippen LogP contribution in [0.15, 0.2) is 54.6 Å². The highest BCUT2D eigenvalue weighted by Gasteiger charge is 2.21. The van der Waals surface area contributed by atoms with Gasteiger partial charge in [-0.25, -0.2) is 13.1 Å². The van der Waals surface area contributed by atoms with E-state index in [0.717, 1.165) is 11.9 Å². The van der Waals surface area contributed by atoms with Gasteiger partial charge in [-0.15, -0.1) is 0 Å². The SMILES string of the molecule is Cc1nn(-c2ccccc2)c(Cl)c1C(=O)Nc1cccc(NS(C)(=O)=O)c1. The van der Waals surface area contributed by atoms with Crippen LogP contribution in [-0.2, 0) is 10.0 Å². The van der Waals surface area contributed by atoms with Crippen molar-refractivity contribution in [3.05, 3.63) is 71.0 Å². The number of carbonyl (C=O) groups is 1. The molecule has 9 heteroatoms. The molecule has 2 N–H and O–H groups in total. The summed E-state index contributed by atoms with van der Waals surface area (Å²) in [6.07, 6.45) is 1.05. The van der Waals surface area contributed by atoms with Crippen molar-refractivity contribution >= 4 is 38.9 Å². The molecule has 0 aliphatic carbocycles. The Morgan fingerprint density at radius 2 is 1.74 bits per heavy atom. The molecule has 1 heterocycles. The highest BCUT2D eigenvalue weighted by molar-refractivity contribution is 7.92. The van der Waals surface area contributed by atoms with Crippen molar-refractivity contribution in [1.29, 1.82) is 0 Å². The van der Waals surface area contributed by atoms with Crippen molar-refractivity contribution in [3.63, 3.8) is 0 Å². The lowest BCUT2D eigenvalue weighted by Crippen LogP contribution is -2.14. The quantitative estimate of drug-likeness (QED) is 0.681. The van der Waals surface area contributed by atoms with Crippen LogP contribution in [0.1, 0.15) is 16.1 Å². The lowest BCUT2D eigenvalue weighted by atomic mass is 10.2. The molecule has 0 radical (unpaired) electrons.